The van der Waals surface area contributed by atoms with Crippen LogP contribution in [0.3, 0.4) is 0 Å². The van der Waals surface area contributed by atoms with Gasteiger partial charge >= 0.3 is 0 Å². The molecule has 0 aliphatic carbocycles. The van der Waals surface area contributed by atoms with E-state index in [0.29, 0.717) is 0 Å². The number of nitriles is 2. The largest absolute Gasteiger partial charge is 0.370 e. The standard InChI is InChI=1S/C10H10N4/c11-7-9(8-12)3-1-2-4-10-13-5-6-14-10/h1-4,13-14H,5-6H2. The summed E-state index contributed by atoms with van der Waals surface area (Å²) in [5, 5.41) is 23.1. The second-order valence-electron chi connectivity index (χ2n) is 2.62. The van der Waals surface area contributed by atoms with Crippen LogP contribution in [0, 0.1) is 22.7 Å². The molecule has 1 rings (SSSR count). The van der Waals surface area contributed by atoms with Crippen LogP contribution in [0.5, 0.6) is 0 Å². The Labute approximate surface area is 82.8 Å². The summed E-state index contributed by atoms with van der Waals surface area (Å²) in [4.78, 5) is 0. The van der Waals surface area contributed by atoms with E-state index in [9.17, 15) is 0 Å². The van der Waals surface area contributed by atoms with Crippen molar-refractivity contribution in [1.29, 1.82) is 10.5 Å². The second-order valence-corrected chi connectivity index (χ2v) is 2.62. The maximum Gasteiger partial charge on any atom is 0.129 e. The smallest absolute Gasteiger partial charge is 0.129 e. The van der Waals surface area contributed by atoms with Gasteiger partial charge in [0.1, 0.15) is 17.7 Å². The fraction of sp³-hybridized carbons (Fsp3) is 0.200. The predicted octanol–water partition coefficient (Wildman–Crippen LogP) is 0.550. The van der Waals surface area contributed by atoms with Crippen molar-refractivity contribution in [3.63, 3.8) is 0 Å². The number of hydrogen-bond acceptors (Lipinski definition) is 4. The minimum atomic E-state index is 0.104. The van der Waals surface area contributed by atoms with Gasteiger partial charge in [0, 0.05) is 13.1 Å². The van der Waals surface area contributed by atoms with Gasteiger partial charge in [0.05, 0.1) is 5.82 Å². The molecule has 1 saturated heterocycles. The number of nitrogens with one attached hydrogen (secondary N) is 2. The normalized spacial score (nSPS) is 13.7. The molecule has 0 spiro atoms. The molecule has 0 unspecified atom stereocenters. The predicted molar refractivity (Wildman–Crippen MR) is 52.5 cm³/mol. The van der Waals surface area contributed by atoms with E-state index in [4.69, 9.17) is 10.5 Å². The maximum absolute atomic E-state index is 8.42. The molecule has 1 heterocycles. The van der Waals surface area contributed by atoms with Crippen LogP contribution in [0.25, 0.3) is 0 Å². The molecule has 4 nitrogen and oxygen atoms in total. The topological polar surface area (TPSA) is 71.6 Å². The quantitative estimate of drug-likeness (QED) is 0.488. The van der Waals surface area contributed by atoms with Crippen LogP contribution in [0.1, 0.15) is 0 Å². The molecule has 0 aromatic heterocycles. The third kappa shape index (κ3) is 3.04. The summed E-state index contributed by atoms with van der Waals surface area (Å²) in [7, 11) is 0. The van der Waals surface area contributed by atoms with E-state index in [1.807, 2.05) is 6.08 Å². The van der Waals surface area contributed by atoms with Gasteiger partial charge in [-0.25, -0.2) is 0 Å². The Morgan fingerprint density at radius 3 is 2.36 bits per heavy atom. The average Bonchev–Trinajstić information content (AvgIpc) is 2.71. The van der Waals surface area contributed by atoms with Gasteiger partial charge in [-0.1, -0.05) is 12.2 Å². The monoisotopic (exact) mass is 186 g/mol. The van der Waals surface area contributed by atoms with E-state index in [1.54, 1.807) is 24.3 Å². The number of allylic oxidation sites excluding steroid dienone is 5. The molecule has 2 N–H and O–H groups in total. The molecule has 0 atom stereocenters. The first kappa shape index (κ1) is 9.88. The molecule has 1 fully saturated rings. The van der Waals surface area contributed by atoms with Gasteiger partial charge in [-0.2, -0.15) is 10.5 Å². The minimum Gasteiger partial charge on any atom is -0.370 e. The van der Waals surface area contributed by atoms with Crippen molar-refractivity contribution in [1.82, 2.24) is 10.6 Å². The van der Waals surface area contributed by atoms with Gasteiger partial charge in [-0.05, 0) is 12.2 Å². The molecule has 70 valence electrons. The number of hydrogen-bond donors (Lipinski definition) is 2. The van der Waals surface area contributed by atoms with E-state index in [-0.39, 0.29) is 5.57 Å². The molecule has 0 bridgehead atoms. The summed E-state index contributed by atoms with van der Waals surface area (Å²) in [6, 6.07) is 3.55. The lowest BCUT2D eigenvalue weighted by Gasteiger charge is -1.94. The molecular formula is C10H10N4. The lowest BCUT2D eigenvalue weighted by Crippen LogP contribution is -2.08. The third-order valence-electron chi connectivity index (χ3n) is 1.63. The molecule has 14 heavy (non-hydrogen) atoms. The van der Waals surface area contributed by atoms with Gasteiger partial charge in [-0.15, -0.1) is 0 Å². The van der Waals surface area contributed by atoms with E-state index in [0.717, 1.165) is 18.9 Å². The second kappa shape index (κ2) is 5.45. The first-order valence-electron chi connectivity index (χ1n) is 4.23. The van der Waals surface area contributed by atoms with Gasteiger partial charge in [0.2, 0.25) is 0 Å². The molecule has 0 saturated carbocycles. The Hall–Kier alpha value is -2.20. The van der Waals surface area contributed by atoms with Crippen molar-refractivity contribution in [2.75, 3.05) is 13.1 Å². The van der Waals surface area contributed by atoms with Crippen LogP contribution in [-0.2, 0) is 0 Å². The Morgan fingerprint density at radius 1 is 1.14 bits per heavy atom. The maximum atomic E-state index is 8.42. The molecule has 1 aliphatic heterocycles. The third-order valence-corrected chi connectivity index (χ3v) is 1.63. The van der Waals surface area contributed by atoms with Crippen molar-refractivity contribution in [2.45, 2.75) is 0 Å². The van der Waals surface area contributed by atoms with E-state index >= 15 is 0 Å². The molecule has 1 aliphatic rings. The number of rotatable bonds is 2. The average molecular weight is 186 g/mol. The van der Waals surface area contributed by atoms with Crippen molar-refractivity contribution < 1.29 is 0 Å². The van der Waals surface area contributed by atoms with Crippen molar-refractivity contribution in [3.05, 3.63) is 35.7 Å². The highest BCUT2D eigenvalue weighted by Crippen LogP contribution is 1.93. The Morgan fingerprint density at radius 2 is 1.79 bits per heavy atom. The highest BCUT2D eigenvalue weighted by molar-refractivity contribution is 5.38. The van der Waals surface area contributed by atoms with Gasteiger partial charge < -0.3 is 10.6 Å². The Balaban J connectivity index is 2.49. The zero-order valence-corrected chi connectivity index (χ0v) is 7.62. The van der Waals surface area contributed by atoms with Crippen LogP contribution in [0.2, 0.25) is 0 Å². The Kier molecular flexibility index (Phi) is 3.85. The zero-order valence-electron chi connectivity index (χ0n) is 7.62. The molecule has 0 radical (unpaired) electrons. The van der Waals surface area contributed by atoms with Gasteiger partial charge in [-0.3, -0.25) is 0 Å². The molecule has 0 aromatic carbocycles. The lowest BCUT2D eigenvalue weighted by molar-refractivity contribution is 0.942. The summed E-state index contributed by atoms with van der Waals surface area (Å²) in [6.07, 6.45) is 6.77. The fourth-order valence-corrected chi connectivity index (χ4v) is 0.978. The van der Waals surface area contributed by atoms with Gasteiger partial charge in [0.25, 0.3) is 0 Å². The zero-order chi connectivity index (χ0) is 10.2. The summed E-state index contributed by atoms with van der Waals surface area (Å²) >= 11 is 0. The van der Waals surface area contributed by atoms with Gasteiger partial charge in [0.15, 0.2) is 0 Å². The summed E-state index contributed by atoms with van der Waals surface area (Å²) in [6.45, 7) is 1.86. The van der Waals surface area contributed by atoms with Crippen LogP contribution in [0.4, 0.5) is 0 Å². The van der Waals surface area contributed by atoms with Crippen LogP contribution in [-0.4, -0.2) is 13.1 Å². The SMILES string of the molecule is N#CC(C#N)=CC=CC=C1NCCN1. The summed E-state index contributed by atoms with van der Waals surface area (Å²) < 4.78 is 0. The van der Waals surface area contributed by atoms with Crippen molar-refractivity contribution >= 4 is 0 Å². The lowest BCUT2D eigenvalue weighted by atomic mass is 10.3. The Bertz CT molecular complexity index is 339. The molecule has 0 aromatic rings. The van der Waals surface area contributed by atoms with E-state index in [2.05, 4.69) is 10.6 Å². The van der Waals surface area contributed by atoms with Crippen molar-refractivity contribution in [2.24, 2.45) is 0 Å². The highest BCUT2D eigenvalue weighted by Gasteiger charge is 1.99. The highest BCUT2D eigenvalue weighted by atomic mass is 15.2. The number of nitrogens with zero attached hydrogens (tertiary/aromatic N) is 2. The van der Waals surface area contributed by atoms with E-state index in [1.165, 1.54) is 6.08 Å². The van der Waals surface area contributed by atoms with Crippen molar-refractivity contribution in [3.8, 4) is 12.1 Å². The van der Waals surface area contributed by atoms with Crippen LogP contribution in [0.15, 0.2) is 35.7 Å². The first-order chi connectivity index (χ1) is 6.86. The fourth-order valence-electron chi connectivity index (χ4n) is 0.978. The van der Waals surface area contributed by atoms with Crippen LogP contribution >= 0.6 is 0 Å². The molecular weight excluding hydrogens is 176 g/mol. The molecule has 0 amide bonds. The summed E-state index contributed by atoms with van der Waals surface area (Å²) in [5.41, 5.74) is 0.104. The van der Waals surface area contributed by atoms with Crippen LogP contribution < -0.4 is 10.6 Å². The molecule has 4 heteroatoms. The minimum absolute atomic E-state index is 0.104. The van der Waals surface area contributed by atoms with E-state index < -0.39 is 0 Å². The first-order valence-corrected chi connectivity index (χ1v) is 4.23. The summed E-state index contributed by atoms with van der Waals surface area (Å²) in [5.74, 6) is 0.963.